The lowest BCUT2D eigenvalue weighted by atomic mass is 9.79. The van der Waals surface area contributed by atoms with Crippen molar-refractivity contribution in [2.24, 2.45) is 17.8 Å². The Bertz CT molecular complexity index is 1950. The van der Waals surface area contributed by atoms with Crippen molar-refractivity contribution in [1.29, 1.82) is 0 Å². The first-order chi connectivity index (χ1) is 25.9. The second kappa shape index (κ2) is 18.3. The van der Waals surface area contributed by atoms with Crippen molar-refractivity contribution in [2.75, 3.05) is 46.9 Å². The van der Waals surface area contributed by atoms with Crippen molar-refractivity contribution in [3.8, 4) is 11.5 Å². The zero-order valence-electron chi connectivity index (χ0n) is 31.4. The molecule has 0 bridgehead atoms. The molecule has 3 N–H and O–H groups in total. The summed E-state index contributed by atoms with van der Waals surface area (Å²) in [5.74, 6) is -0.939. The predicted octanol–water partition coefficient (Wildman–Crippen LogP) is 5.65. The van der Waals surface area contributed by atoms with E-state index in [0.29, 0.717) is 41.7 Å². The summed E-state index contributed by atoms with van der Waals surface area (Å²) < 4.78 is 23.6. The van der Waals surface area contributed by atoms with Gasteiger partial charge in [0.05, 0.1) is 32.1 Å². The summed E-state index contributed by atoms with van der Waals surface area (Å²) in [5.41, 5.74) is 3.34. The van der Waals surface area contributed by atoms with Crippen molar-refractivity contribution in [1.82, 2.24) is 25.4 Å². The van der Waals surface area contributed by atoms with Crippen LogP contribution in [0.2, 0.25) is 5.02 Å². The van der Waals surface area contributed by atoms with Crippen LogP contribution < -0.4 is 20.1 Å². The number of likely N-dealkylation sites (tertiary alicyclic amines) is 2. The van der Waals surface area contributed by atoms with Crippen molar-refractivity contribution >= 4 is 46.1 Å². The van der Waals surface area contributed by atoms with E-state index in [-0.39, 0.29) is 66.9 Å². The van der Waals surface area contributed by atoms with Gasteiger partial charge in [-0.15, -0.1) is 0 Å². The Balaban J connectivity index is 0.000000486. The minimum atomic E-state index is -0.585. The highest BCUT2D eigenvalue weighted by atomic mass is 35.5. The van der Waals surface area contributed by atoms with Gasteiger partial charge in [-0.3, -0.25) is 19.2 Å². The Labute approximate surface area is 320 Å². The van der Waals surface area contributed by atoms with Crippen LogP contribution in [-0.4, -0.2) is 91.4 Å². The standard InChI is InChI=1S/C32H38ClN5O6.C9H11F/c1-18(2)44-27-8-5-19(9-28(27)43-4)32(42)38-15-21-14-37(17-25(24(21)16-38)31(41)36-13-29(39)34-3)30(40)10-20-12-35-26-11-22(33)6-7-23(20)26;1-2-3-8-4-6-9(10)7-5-8/h5-9,11-12,18,21,24-25,35H,10,13-17H2,1-4H3,(H,34,39)(H,36,41);4-7H,2-3H2,1H3. The Kier molecular flexibility index (Phi) is 13.6. The van der Waals surface area contributed by atoms with Gasteiger partial charge in [-0.2, -0.15) is 0 Å². The summed E-state index contributed by atoms with van der Waals surface area (Å²) in [6.07, 6.45) is 4.06. The second-order valence-electron chi connectivity index (χ2n) is 14.0. The van der Waals surface area contributed by atoms with E-state index in [2.05, 4.69) is 22.5 Å². The van der Waals surface area contributed by atoms with Gasteiger partial charge >= 0.3 is 0 Å². The maximum atomic E-state index is 13.7. The SMILES string of the molecule is CCCc1ccc(F)cc1.CNC(=O)CNC(=O)C1CN(C(=O)Cc2c[nH]c3cc(Cl)ccc23)CC2CN(C(=O)c3ccc(OC(C)C)c(OC)c3)CC21. The summed E-state index contributed by atoms with van der Waals surface area (Å²) in [4.78, 5) is 59.2. The van der Waals surface area contributed by atoms with Gasteiger partial charge in [0.1, 0.15) is 5.82 Å². The smallest absolute Gasteiger partial charge is 0.254 e. The maximum absolute atomic E-state index is 13.7. The number of aryl methyl sites for hydroxylation is 1. The van der Waals surface area contributed by atoms with Crippen LogP contribution in [0.25, 0.3) is 10.9 Å². The number of rotatable bonds is 11. The van der Waals surface area contributed by atoms with Crippen LogP contribution in [0.15, 0.2) is 66.9 Å². The zero-order chi connectivity index (χ0) is 38.9. The Hall–Kier alpha value is -5.10. The van der Waals surface area contributed by atoms with Crippen molar-refractivity contribution < 1.29 is 33.0 Å². The molecule has 2 fully saturated rings. The molecule has 13 heteroatoms. The van der Waals surface area contributed by atoms with Crippen LogP contribution in [-0.2, 0) is 27.2 Å². The van der Waals surface area contributed by atoms with Crippen LogP contribution in [0.1, 0.15) is 48.7 Å². The molecule has 0 saturated carbocycles. The van der Waals surface area contributed by atoms with E-state index in [0.717, 1.165) is 29.3 Å². The number of nitrogens with one attached hydrogen (secondary N) is 3. The molecule has 54 heavy (non-hydrogen) atoms. The number of H-pyrrole nitrogens is 1. The second-order valence-corrected chi connectivity index (χ2v) is 14.5. The van der Waals surface area contributed by atoms with Crippen molar-refractivity contribution in [2.45, 2.75) is 46.1 Å². The monoisotopic (exact) mass is 761 g/mol. The number of hydrogen-bond acceptors (Lipinski definition) is 6. The molecule has 3 unspecified atom stereocenters. The van der Waals surface area contributed by atoms with Crippen LogP contribution >= 0.6 is 11.6 Å². The number of aromatic amines is 1. The van der Waals surface area contributed by atoms with E-state index in [1.165, 1.54) is 31.9 Å². The highest BCUT2D eigenvalue weighted by Gasteiger charge is 2.48. The molecule has 11 nitrogen and oxygen atoms in total. The van der Waals surface area contributed by atoms with E-state index in [4.69, 9.17) is 21.1 Å². The van der Waals surface area contributed by atoms with Gasteiger partial charge in [0, 0.05) is 60.9 Å². The fourth-order valence-electron chi connectivity index (χ4n) is 7.16. The lowest BCUT2D eigenvalue weighted by Crippen LogP contribution is -2.54. The molecular weight excluding hydrogens is 713 g/mol. The first-order valence-electron chi connectivity index (χ1n) is 18.3. The van der Waals surface area contributed by atoms with Gasteiger partial charge in [-0.1, -0.05) is 43.1 Å². The topological polar surface area (TPSA) is 133 Å². The van der Waals surface area contributed by atoms with Gasteiger partial charge in [0.2, 0.25) is 17.7 Å². The van der Waals surface area contributed by atoms with Crippen LogP contribution in [0.5, 0.6) is 11.5 Å². The summed E-state index contributed by atoms with van der Waals surface area (Å²) in [6.45, 7) is 7.15. The van der Waals surface area contributed by atoms with Crippen molar-refractivity contribution in [3.63, 3.8) is 0 Å². The van der Waals surface area contributed by atoms with E-state index in [1.54, 1.807) is 40.3 Å². The number of nitrogens with zero attached hydrogens (tertiary/aromatic N) is 2. The molecule has 0 spiro atoms. The minimum absolute atomic E-state index is 0.0567. The first kappa shape index (κ1) is 40.1. The molecule has 4 amide bonds. The largest absolute Gasteiger partial charge is 0.493 e. The van der Waals surface area contributed by atoms with Gasteiger partial charge in [-0.05, 0) is 85.7 Å². The van der Waals surface area contributed by atoms with E-state index in [1.807, 2.05) is 38.1 Å². The highest BCUT2D eigenvalue weighted by Crippen LogP contribution is 2.37. The van der Waals surface area contributed by atoms with Gasteiger partial charge < -0.3 is 34.9 Å². The molecule has 0 radical (unpaired) electrons. The lowest BCUT2D eigenvalue weighted by Gasteiger charge is -2.39. The van der Waals surface area contributed by atoms with Gasteiger partial charge in [0.15, 0.2) is 11.5 Å². The number of hydrogen-bond donors (Lipinski definition) is 3. The number of methoxy groups -OCH3 is 1. The fourth-order valence-corrected chi connectivity index (χ4v) is 7.34. The van der Waals surface area contributed by atoms with Crippen LogP contribution in [0, 0.1) is 23.6 Å². The molecule has 6 rings (SSSR count). The quantitative estimate of drug-likeness (QED) is 0.181. The zero-order valence-corrected chi connectivity index (χ0v) is 32.2. The predicted molar refractivity (Wildman–Crippen MR) is 206 cm³/mol. The average molecular weight is 762 g/mol. The Morgan fingerprint density at radius 2 is 1.70 bits per heavy atom. The molecule has 3 atom stereocenters. The molecule has 3 heterocycles. The molecule has 4 aromatic rings. The Morgan fingerprint density at radius 1 is 0.963 bits per heavy atom. The van der Waals surface area contributed by atoms with E-state index in [9.17, 15) is 23.6 Å². The Morgan fingerprint density at radius 3 is 2.39 bits per heavy atom. The fraction of sp³-hybridized carbons (Fsp3) is 0.415. The average Bonchev–Trinajstić information content (AvgIpc) is 3.78. The highest BCUT2D eigenvalue weighted by molar-refractivity contribution is 6.31. The number of carbonyl (C=O) groups is 4. The molecule has 2 aliphatic heterocycles. The third kappa shape index (κ3) is 9.90. The first-order valence-corrected chi connectivity index (χ1v) is 18.7. The molecule has 1 aromatic heterocycles. The van der Waals surface area contributed by atoms with Gasteiger partial charge in [0.25, 0.3) is 5.91 Å². The number of likely N-dealkylation sites (N-methyl/N-ethyl adjacent to an activating group) is 1. The number of fused-ring (bicyclic) bond motifs is 2. The number of benzene rings is 3. The van der Waals surface area contributed by atoms with Crippen LogP contribution in [0.3, 0.4) is 0 Å². The van der Waals surface area contributed by atoms with E-state index >= 15 is 0 Å². The molecule has 288 valence electrons. The molecule has 2 aliphatic rings. The number of piperidine rings is 1. The van der Waals surface area contributed by atoms with Gasteiger partial charge in [-0.25, -0.2) is 4.39 Å². The molecular formula is C41H49ClFN5O6. The van der Waals surface area contributed by atoms with Crippen LogP contribution in [0.4, 0.5) is 4.39 Å². The number of ether oxygens (including phenoxy) is 2. The number of amides is 4. The maximum Gasteiger partial charge on any atom is 0.254 e. The van der Waals surface area contributed by atoms with E-state index < -0.39 is 5.92 Å². The number of aromatic nitrogens is 1. The third-order valence-corrected chi connectivity index (χ3v) is 10.1. The normalized spacial score (nSPS) is 17.7. The number of halogens is 2. The molecule has 2 saturated heterocycles. The summed E-state index contributed by atoms with van der Waals surface area (Å²) >= 11 is 6.12. The molecule has 0 aliphatic carbocycles. The third-order valence-electron chi connectivity index (χ3n) is 9.86. The molecule has 3 aromatic carbocycles. The lowest BCUT2D eigenvalue weighted by molar-refractivity contribution is -0.139. The van der Waals surface area contributed by atoms with Crippen molar-refractivity contribution in [3.05, 3.63) is 94.4 Å². The summed E-state index contributed by atoms with van der Waals surface area (Å²) in [5, 5.41) is 6.74. The summed E-state index contributed by atoms with van der Waals surface area (Å²) in [7, 11) is 3.03. The minimum Gasteiger partial charge on any atom is -0.493 e. The number of carbonyl (C=O) groups excluding carboxylic acids is 4. The summed E-state index contributed by atoms with van der Waals surface area (Å²) in [6, 6.07) is 17.3.